The molecule has 0 aliphatic heterocycles. The molecule has 58 heavy (non-hydrogen) atoms. The Balaban J connectivity index is 0.000000360. The van der Waals surface area contributed by atoms with Gasteiger partial charge in [0.15, 0.2) is 0 Å². The number of benzene rings is 4. The topological polar surface area (TPSA) is 0 Å². The molecule has 2 aliphatic rings. The molecule has 6 heteroatoms. The fourth-order valence-electron chi connectivity index (χ4n) is 9.08. The van der Waals surface area contributed by atoms with E-state index in [2.05, 4.69) is 155 Å². The van der Waals surface area contributed by atoms with E-state index in [0.717, 1.165) is 11.8 Å². The SMILES string of the molecule is C[Si](C)(C)c1ccc(-c2cccc3[cH-]c(CC4CCCCC4)cc23)cc1.C[Si](C)(C)c1ccc(-c2cccc3[cH-]c(CC4CCCCC4)cc23)cc1.Cl.Cl.[CH3-].[CH3-].[Si]=[Zr]. The third kappa shape index (κ3) is 13.6. The Morgan fingerprint density at radius 2 is 0.828 bits per heavy atom. The maximum atomic E-state index is 3.06. The van der Waals surface area contributed by atoms with Crippen LogP contribution in [0.15, 0.2) is 109 Å². The van der Waals surface area contributed by atoms with Gasteiger partial charge in [0.2, 0.25) is 0 Å². The summed E-state index contributed by atoms with van der Waals surface area (Å²) >= 11 is 1.36. The fraction of sp³-hybridized carbons (Fsp3) is 0.385. The van der Waals surface area contributed by atoms with Gasteiger partial charge in [0.1, 0.15) is 0 Å². The third-order valence-electron chi connectivity index (χ3n) is 12.2. The van der Waals surface area contributed by atoms with Crippen LogP contribution in [0.1, 0.15) is 75.3 Å². The molecule has 0 N–H and O–H groups in total. The van der Waals surface area contributed by atoms with Crippen LogP contribution in [0.3, 0.4) is 0 Å². The summed E-state index contributed by atoms with van der Waals surface area (Å²) in [6.45, 7) is 17.5. The van der Waals surface area contributed by atoms with Crippen LogP contribution >= 0.6 is 24.8 Å². The van der Waals surface area contributed by atoms with Crippen molar-refractivity contribution < 1.29 is 23.3 Å². The summed E-state index contributed by atoms with van der Waals surface area (Å²) in [6.07, 6.45) is 16.8. The normalized spacial score (nSPS) is 14.6. The number of fused-ring (bicyclic) bond motifs is 2. The minimum atomic E-state index is -1.23. The van der Waals surface area contributed by atoms with Gasteiger partial charge in [-0.25, -0.2) is 0 Å². The van der Waals surface area contributed by atoms with Crippen LogP contribution in [-0.2, 0) is 36.2 Å². The summed E-state index contributed by atoms with van der Waals surface area (Å²) < 4.78 is 0. The van der Waals surface area contributed by atoms with Crippen LogP contribution in [0.2, 0.25) is 39.3 Å². The molecule has 0 saturated heterocycles. The van der Waals surface area contributed by atoms with Crippen molar-refractivity contribution in [1.29, 1.82) is 0 Å². The third-order valence-corrected chi connectivity index (χ3v) is 16.4. The summed E-state index contributed by atoms with van der Waals surface area (Å²) in [7, 11) is -2.46. The van der Waals surface area contributed by atoms with Gasteiger partial charge in [0.05, 0.1) is 16.1 Å². The van der Waals surface area contributed by atoms with Crippen molar-refractivity contribution in [2.75, 3.05) is 0 Å². The van der Waals surface area contributed by atoms with Crippen LogP contribution in [0.25, 0.3) is 43.8 Å². The molecule has 0 heterocycles. The molecule has 0 spiro atoms. The van der Waals surface area contributed by atoms with Crippen molar-refractivity contribution in [1.82, 2.24) is 0 Å². The van der Waals surface area contributed by atoms with Crippen molar-refractivity contribution in [3.63, 3.8) is 0 Å². The Kier molecular flexibility index (Phi) is 21.7. The predicted molar refractivity (Wildman–Crippen MR) is 270 cm³/mol. The summed E-state index contributed by atoms with van der Waals surface area (Å²) in [5.74, 6) is 1.81. The Morgan fingerprint density at radius 1 is 0.500 bits per heavy atom. The molecule has 0 amide bonds. The van der Waals surface area contributed by atoms with E-state index in [1.165, 1.54) is 166 Å². The second-order valence-electron chi connectivity index (χ2n) is 18.4. The van der Waals surface area contributed by atoms with E-state index in [-0.39, 0.29) is 39.7 Å². The quantitative estimate of drug-likeness (QED) is 0.105. The van der Waals surface area contributed by atoms with Crippen molar-refractivity contribution in [3.05, 3.63) is 135 Å². The van der Waals surface area contributed by atoms with Gasteiger partial charge in [-0.15, -0.1) is 93.9 Å². The van der Waals surface area contributed by atoms with Gasteiger partial charge in [0, 0.05) is 0 Å². The van der Waals surface area contributed by atoms with E-state index >= 15 is 0 Å². The number of hydrogen-bond donors (Lipinski definition) is 0. The van der Waals surface area contributed by atoms with Crippen LogP contribution < -0.4 is 10.4 Å². The van der Waals surface area contributed by atoms with Crippen molar-refractivity contribution >= 4 is 79.8 Å². The van der Waals surface area contributed by atoms with Crippen LogP contribution in [0.5, 0.6) is 0 Å². The van der Waals surface area contributed by atoms with Crippen LogP contribution in [0, 0.1) is 26.7 Å². The van der Waals surface area contributed by atoms with E-state index in [1.807, 2.05) is 0 Å². The molecule has 6 aromatic rings. The number of halogens is 2. The van der Waals surface area contributed by atoms with Crippen molar-refractivity contribution in [2.45, 2.75) is 116 Å². The average Bonchev–Trinajstić information content (AvgIpc) is 3.79. The summed E-state index contributed by atoms with van der Waals surface area (Å²) in [5, 5.41) is 8.74. The summed E-state index contributed by atoms with van der Waals surface area (Å²) in [4.78, 5) is 0. The fourth-order valence-corrected chi connectivity index (χ4v) is 11.4. The summed E-state index contributed by atoms with van der Waals surface area (Å²) in [6, 6.07) is 42.1. The van der Waals surface area contributed by atoms with Gasteiger partial charge in [-0.3, -0.25) is 0 Å². The first-order chi connectivity index (χ1) is 26.0. The van der Waals surface area contributed by atoms with E-state index < -0.39 is 16.1 Å². The van der Waals surface area contributed by atoms with E-state index in [1.54, 1.807) is 0 Å². The van der Waals surface area contributed by atoms with Crippen LogP contribution in [0.4, 0.5) is 0 Å². The zero-order chi connectivity index (χ0) is 38.3. The van der Waals surface area contributed by atoms with Crippen molar-refractivity contribution in [2.24, 2.45) is 11.8 Å². The molecule has 0 atom stereocenters. The molecule has 6 aromatic carbocycles. The standard InChI is InChI=1S/2C25H31Si.2CH3.2ClH.Si.Zr/c2*1-26(2,3)23-14-12-21(13-15-23)24-11-7-10-22-17-20(18-25(22)24)16-19-8-5-4-6-9-19;;;;;;/h2*7,10-15,17-19H,4-6,8-9,16H2,1-3H3;2*1H3;2*1H;;/q4*-1;;;;. The molecule has 0 nitrogen and oxygen atoms in total. The van der Waals surface area contributed by atoms with Gasteiger partial charge in [-0.2, -0.15) is 12.1 Å². The maximum absolute atomic E-state index is 3.06. The molecule has 312 valence electrons. The monoisotopic (exact) mass is 938 g/mol. The van der Waals surface area contributed by atoms with E-state index in [4.69, 9.17) is 0 Å². The van der Waals surface area contributed by atoms with Crippen LogP contribution in [-0.4, -0.2) is 23.0 Å². The first-order valence-electron chi connectivity index (χ1n) is 20.8. The Bertz CT molecular complexity index is 1930. The molecule has 0 unspecified atom stereocenters. The Labute approximate surface area is 385 Å². The molecule has 2 aliphatic carbocycles. The van der Waals surface area contributed by atoms with E-state index in [9.17, 15) is 0 Å². The Hall–Kier alpha value is -1.79. The zero-order valence-electron chi connectivity index (χ0n) is 36.8. The van der Waals surface area contributed by atoms with Gasteiger partial charge in [0.25, 0.3) is 0 Å². The van der Waals surface area contributed by atoms with Gasteiger partial charge >= 0.3 is 30.2 Å². The number of rotatable bonds is 8. The molecule has 2 radical (unpaired) electrons. The Morgan fingerprint density at radius 3 is 1.14 bits per heavy atom. The van der Waals surface area contributed by atoms with Gasteiger partial charge in [-0.1, -0.05) is 186 Å². The van der Waals surface area contributed by atoms with Crippen molar-refractivity contribution in [3.8, 4) is 22.3 Å². The zero-order valence-corrected chi connectivity index (χ0v) is 43.9. The molecule has 0 aromatic heterocycles. The molecule has 0 bridgehead atoms. The predicted octanol–water partition coefficient (Wildman–Crippen LogP) is 15.1. The number of hydrogen-bond acceptors (Lipinski definition) is 0. The minimum absolute atomic E-state index is 0. The average molecular weight is 942 g/mol. The second kappa shape index (κ2) is 24.0. The molecule has 2 saturated carbocycles. The first-order valence-corrected chi connectivity index (χ1v) is 32.0. The second-order valence-corrected chi connectivity index (χ2v) is 28.6. The molecule has 2 fully saturated rings. The van der Waals surface area contributed by atoms with Gasteiger partial charge in [-0.05, 0) is 35.8 Å². The molecular weight excluding hydrogens is 871 g/mol. The summed E-state index contributed by atoms with van der Waals surface area (Å²) in [5.41, 5.74) is 8.56. The van der Waals surface area contributed by atoms with E-state index in [0.29, 0.717) is 0 Å². The molecular formula is C52H70Cl2Si3Zr-4. The molecule has 8 rings (SSSR count). The first kappa shape index (κ1) is 52.4. The van der Waals surface area contributed by atoms with Gasteiger partial charge < -0.3 is 14.9 Å².